The van der Waals surface area contributed by atoms with Gasteiger partial charge in [0.1, 0.15) is 0 Å². The lowest BCUT2D eigenvalue weighted by atomic mass is 10.4. The lowest BCUT2D eigenvalue weighted by molar-refractivity contribution is 1.23. The molecule has 0 amide bonds. The first-order valence-electron chi connectivity index (χ1n) is 2.03. The Balaban J connectivity index is 3.02. The van der Waals surface area contributed by atoms with Gasteiger partial charge in [-0.25, -0.2) is 0 Å². The van der Waals surface area contributed by atoms with Crippen LogP contribution in [0.1, 0.15) is 13.3 Å². The molecule has 32 valence electrons. The molecule has 0 aromatic rings. The Labute approximate surface area is 38.9 Å². The van der Waals surface area contributed by atoms with E-state index < -0.39 is 0 Å². The molecule has 0 saturated carbocycles. The highest BCUT2D eigenvalue weighted by molar-refractivity contribution is 5.07. The van der Waals surface area contributed by atoms with Crippen molar-refractivity contribution in [3.63, 3.8) is 0 Å². The van der Waals surface area contributed by atoms with E-state index in [0.717, 1.165) is 6.42 Å². The molecule has 0 bridgehead atoms. The molecule has 0 unspecified atom stereocenters. The van der Waals surface area contributed by atoms with Gasteiger partial charge in [0, 0.05) is 0 Å². The highest BCUT2D eigenvalue weighted by Gasteiger charge is 1.55. The Morgan fingerprint density at radius 2 is 2.50 bits per heavy atom. The summed E-state index contributed by atoms with van der Waals surface area (Å²) in [5.41, 5.74) is 0. The monoisotopic (exact) mass is 80.1 g/mol. The van der Waals surface area contributed by atoms with Crippen molar-refractivity contribution in [2.75, 3.05) is 0 Å². The smallest absolute Gasteiger partial charge is 0.0162 e. The van der Waals surface area contributed by atoms with Crippen LogP contribution in [0.25, 0.3) is 0 Å². The molecule has 0 heteroatoms. The first kappa shape index (κ1) is 5.30. The molecule has 0 fully saturated rings. The molecule has 6 heavy (non-hydrogen) atoms. The van der Waals surface area contributed by atoms with Crippen LogP contribution in [-0.4, -0.2) is 0 Å². The lowest BCUT2D eigenvalue weighted by Crippen LogP contribution is -1.47. The van der Waals surface area contributed by atoms with Crippen LogP contribution in [0.2, 0.25) is 0 Å². The molecule has 0 N–H and O–H groups in total. The summed E-state index contributed by atoms with van der Waals surface area (Å²) in [7, 11) is 0. The third-order valence-electron chi connectivity index (χ3n) is 0.450. The Kier molecular flexibility index (Phi) is 3.80. The van der Waals surface area contributed by atoms with Gasteiger partial charge < -0.3 is 0 Å². The van der Waals surface area contributed by atoms with Gasteiger partial charge >= 0.3 is 0 Å². The second kappa shape index (κ2) is 4.30. The predicted molar refractivity (Wildman–Crippen MR) is 28.3 cm³/mol. The molecule has 0 aromatic heterocycles. The van der Waals surface area contributed by atoms with Crippen LogP contribution in [0.15, 0.2) is 12.2 Å². The fraction of sp³-hybridized carbons (Fsp3) is 0.333. The van der Waals surface area contributed by atoms with E-state index in [1.54, 1.807) is 6.08 Å². The molecule has 0 heterocycles. The third-order valence-corrected chi connectivity index (χ3v) is 0.450. The number of hydrogen-bond acceptors (Lipinski definition) is 0. The SMILES string of the molecule is C#C/C=C/CC. The molecule has 0 saturated heterocycles. The largest absolute Gasteiger partial charge is 0.115 e. The maximum Gasteiger partial charge on any atom is -0.0162 e. The number of hydrogen-bond donors (Lipinski definition) is 0. The van der Waals surface area contributed by atoms with E-state index in [4.69, 9.17) is 6.42 Å². The minimum Gasteiger partial charge on any atom is -0.115 e. The van der Waals surface area contributed by atoms with Crippen LogP contribution in [0, 0.1) is 12.3 Å². The van der Waals surface area contributed by atoms with E-state index in [-0.39, 0.29) is 0 Å². The van der Waals surface area contributed by atoms with Crippen molar-refractivity contribution in [3.8, 4) is 12.3 Å². The molecule has 0 spiro atoms. The van der Waals surface area contributed by atoms with E-state index >= 15 is 0 Å². The molecule has 0 aliphatic carbocycles. The highest BCUT2D eigenvalue weighted by atomic mass is 13.6. The molecule has 0 rings (SSSR count). The third kappa shape index (κ3) is 3.30. The van der Waals surface area contributed by atoms with Crippen LogP contribution in [0.5, 0.6) is 0 Å². The van der Waals surface area contributed by atoms with Crippen LogP contribution in [-0.2, 0) is 0 Å². The molecule has 0 aliphatic rings. The van der Waals surface area contributed by atoms with Crippen molar-refractivity contribution in [3.05, 3.63) is 12.2 Å². The van der Waals surface area contributed by atoms with Crippen molar-refractivity contribution >= 4 is 0 Å². The van der Waals surface area contributed by atoms with Gasteiger partial charge in [-0.05, 0) is 12.5 Å². The van der Waals surface area contributed by atoms with Gasteiger partial charge in [0.25, 0.3) is 0 Å². The van der Waals surface area contributed by atoms with E-state index in [1.807, 2.05) is 13.0 Å². The predicted octanol–water partition coefficient (Wildman–Crippen LogP) is 1.59. The summed E-state index contributed by atoms with van der Waals surface area (Å²) in [6, 6.07) is 0. The van der Waals surface area contributed by atoms with E-state index in [0.29, 0.717) is 0 Å². The Morgan fingerprint density at radius 3 is 2.67 bits per heavy atom. The fourth-order valence-electron chi connectivity index (χ4n) is 0.186. The molecule has 0 atom stereocenters. The van der Waals surface area contributed by atoms with Crippen molar-refractivity contribution in [2.45, 2.75) is 13.3 Å². The quantitative estimate of drug-likeness (QED) is 0.419. The van der Waals surface area contributed by atoms with Crippen LogP contribution >= 0.6 is 0 Å². The highest BCUT2D eigenvalue weighted by Crippen LogP contribution is 1.74. The Morgan fingerprint density at radius 1 is 1.83 bits per heavy atom. The maximum absolute atomic E-state index is 4.88. The van der Waals surface area contributed by atoms with Gasteiger partial charge in [0.2, 0.25) is 0 Å². The number of terminal acetylenes is 1. The van der Waals surface area contributed by atoms with E-state index in [2.05, 4.69) is 5.92 Å². The van der Waals surface area contributed by atoms with Crippen molar-refractivity contribution < 1.29 is 0 Å². The summed E-state index contributed by atoms with van der Waals surface area (Å²) < 4.78 is 0. The summed E-state index contributed by atoms with van der Waals surface area (Å²) in [5, 5.41) is 0. The topological polar surface area (TPSA) is 0 Å². The average Bonchev–Trinajstić information content (AvgIpc) is 1.61. The molecular formula is C6H8. The van der Waals surface area contributed by atoms with Crippen molar-refractivity contribution in [1.82, 2.24) is 0 Å². The fourth-order valence-corrected chi connectivity index (χ4v) is 0.186. The number of allylic oxidation sites excluding steroid dienone is 2. The molecule has 0 nitrogen and oxygen atoms in total. The summed E-state index contributed by atoms with van der Waals surface area (Å²) in [5.74, 6) is 2.39. The van der Waals surface area contributed by atoms with E-state index in [9.17, 15) is 0 Å². The number of rotatable bonds is 1. The zero-order valence-corrected chi connectivity index (χ0v) is 3.94. The zero-order valence-electron chi connectivity index (χ0n) is 3.94. The standard InChI is InChI=1S/C6H8/c1-3-5-6-4-2/h1,5-6H,4H2,2H3/b6-5+. The Bertz CT molecular complexity index is 72.5. The molecular weight excluding hydrogens is 72.1 g/mol. The second-order valence-electron chi connectivity index (χ2n) is 0.977. The minimum atomic E-state index is 1.03. The Hall–Kier alpha value is -0.700. The minimum absolute atomic E-state index is 1.03. The van der Waals surface area contributed by atoms with Crippen molar-refractivity contribution in [1.29, 1.82) is 0 Å². The van der Waals surface area contributed by atoms with Crippen LogP contribution in [0.3, 0.4) is 0 Å². The lowest BCUT2D eigenvalue weighted by Gasteiger charge is -1.65. The maximum atomic E-state index is 4.88. The zero-order chi connectivity index (χ0) is 4.83. The summed E-state index contributed by atoms with van der Waals surface area (Å²) in [6.07, 6.45) is 9.56. The summed E-state index contributed by atoms with van der Waals surface area (Å²) in [6.45, 7) is 2.05. The van der Waals surface area contributed by atoms with Gasteiger partial charge in [-0.3, -0.25) is 0 Å². The second-order valence-corrected chi connectivity index (χ2v) is 0.977. The average molecular weight is 80.1 g/mol. The van der Waals surface area contributed by atoms with Crippen LogP contribution < -0.4 is 0 Å². The van der Waals surface area contributed by atoms with Crippen LogP contribution in [0.4, 0.5) is 0 Å². The summed E-state index contributed by atoms with van der Waals surface area (Å²) >= 11 is 0. The van der Waals surface area contributed by atoms with Gasteiger partial charge in [0.15, 0.2) is 0 Å². The molecule has 0 radical (unpaired) electrons. The van der Waals surface area contributed by atoms with E-state index in [1.165, 1.54) is 0 Å². The van der Waals surface area contributed by atoms with Gasteiger partial charge in [-0.1, -0.05) is 18.9 Å². The van der Waals surface area contributed by atoms with Gasteiger partial charge in [-0.2, -0.15) is 0 Å². The van der Waals surface area contributed by atoms with Gasteiger partial charge in [0.05, 0.1) is 0 Å². The first-order valence-corrected chi connectivity index (χ1v) is 2.03. The molecule has 0 aliphatic heterocycles. The van der Waals surface area contributed by atoms with Crippen molar-refractivity contribution in [2.24, 2.45) is 0 Å². The van der Waals surface area contributed by atoms with Gasteiger partial charge in [-0.15, -0.1) is 6.42 Å². The first-order chi connectivity index (χ1) is 2.91. The molecule has 0 aromatic carbocycles. The normalized spacial score (nSPS) is 8.67. The summed E-state index contributed by atoms with van der Waals surface area (Å²) in [4.78, 5) is 0.